The van der Waals surface area contributed by atoms with Crippen LogP contribution >= 0.6 is 11.8 Å². The van der Waals surface area contributed by atoms with Gasteiger partial charge in [-0.25, -0.2) is 0 Å². The summed E-state index contributed by atoms with van der Waals surface area (Å²) in [4.78, 5) is 0. The first kappa shape index (κ1) is 11.4. The third-order valence-corrected chi connectivity index (χ3v) is 3.31. The highest BCUT2D eigenvalue weighted by molar-refractivity contribution is 7.99. The lowest BCUT2D eigenvalue weighted by molar-refractivity contribution is 0.474. The third kappa shape index (κ3) is 3.62. The molecule has 0 spiro atoms. The average Bonchev–Trinajstić information content (AvgIpc) is 2.00. The Morgan fingerprint density at radius 1 is 1.29 bits per heavy atom. The lowest BCUT2D eigenvalue weighted by Crippen LogP contribution is -2.07. The number of thioether (sulfide) groups is 1. The van der Waals surface area contributed by atoms with Crippen molar-refractivity contribution in [2.45, 2.75) is 38.2 Å². The van der Waals surface area contributed by atoms with Crippen LogP contribution in [-0.4, -0.2) is 9.85 Å². The Morgan fingerprint density at radius 3 is 2.43 bits per heavy atom. The summed E-state index contributed by atoms with van der Waals surface area (Å²) >= 11 is 1.93. The fourth-order valence-electron chi connectivity index (χ4n) is 1.14. The normalized spacial score (nSPS) is 11.7. The predicted molar refractivity (Wildman–Crippen MR) is 63.9 cm³/mol. The van der Waals surface area contributed by atoms with Crippen molar-refractivity contribution in [1.82, 2.24) is 0 Å². The summed E-state index contributed by atoms with van der Waals surface area (Å²) in [5.41, 5.74) is 2.48. The summed E-state index contributed by atoms with van der Waals surface area (Å²) in [6, 6.07) is 5.58. The van der Waals surface area contributed by atoms with Gasteiger partial charge < -0.3 is 5.11 Å². The van der Waals surface area contributed by atoms with E-state index in [9.17, 15) is 5.11 Å². The number of phenols is 1. The maximum Gasteiger partial charge on any atom is 0.115 e. The first-order valence-electron chi connectivity index (χ1n) is 4.81. The number of rotatable bonds is 2. The topological polar surface area (TPSA) is 20.2 Å². The molecule has 1 N–H and O–H groups in total. The van der Waals surface area contributed by atoms with E-state index in [0.29, 0.717) is 10.5 Å². The lowest BCUT2D eigenvalue weighted by Gasteiger charge is -2.18. The summed E-state index contributed by atoms with van der Waals surface area (Å²) in [6.07, 6.45) is 0. The van der Waals surface area contributed by atoms with Crippen molar-refractivity contribution in [3.63, 3.8) is 0 Å². The lowest BCUT2D eigenvalue weighted by atomic mass is 10.1. The summed E-state index contributed by atoms with van der Waals surface area (Å²) in [7, 11) is 0. The third-order valence-electron chi connectivity index (χ3n) is 1.99. The van der Waals surface area contributed by atoms with Crippen molar-refractivity contribution in [3.05, 3.63) is 29.3 Å². The maximum absolute atomic E-state index is 9.26. The number of benzene rings is 1. The zero-order valence-corrected chi connectivity index (χ0v) is 10.1. The fourth-order valence-corrected chi connectivity index (χ4v) is 2.05. The van der Waals surface area contributed by atoms with Crippen molar-refractivity contribution in [1.29, 1.82) is 0 Å². The molecule has 14 heavy (non-hydrogen) atoms. The SMILES string of the molecule is Cc1cc(O)ccc1CSC(C)(C)C. The van der Waals surface area contributed by atoms with E-state index >= 15 is 0 Å². The van der Waals surface area contributed by atoms with Crippen LogP contribution in [0.2, 0.25) is 0 Å². The monoisotopic (exact) mass is 210 g/mol. The largest absolute Gasteiger partial charge is 0.508 e. The molecule has 1 aromatic rings. The van der Waals surface area contributed by atoms with Gasteiger partial charge in [0.2, 0.25) is 0 Å². The molecule has 0 heterocycles. The molecule has 1 rings (SSSR count). The molecule has 0 fully saturated rings. The molecule has 0 saturated carbocycles. The van der Waals surface area contributed by atoms with Gasteiger partial charge >= 0.3 is 0 Å². The highest BCUT2D eigenvalue weighted by Crippen LogP contribution is 2.29. The van der Waals surface area contributed by atoms with E-state index in [1.807, 2.05) is 30.8 Å². The van der Waals surface area contributed by atoms with Crippen LogP contribution in [0.25, 0.3) is 0 Å². The van der Waals surface area contributed by atoms with Gasteiger partial charge in [0.05, 0.1) is 0 Å². The second-order valence-corrected chi connectivity index (χ2v) is 6.31. The smallest absolute Gasteiger partial charge is 0.115 e. The Morgan fingerprint density at radius 2 is 1.93 bits per heavy atom. The molecule has 0 atom stereocenters. The highest BCUT2D eigenvalue weighted by Gasteiger charge is 2.11. The Bertz CT molecular complexity index is 313. The summed E-state index contributed by atoms with van der Waals surface area (Å²) in [5.74, 6) is 1.36. The molecule has 0 radical (unpaired) electrons. The van der Waals surface area contributed by atoms with Crippen LogP contribution in [-0.2, 0) is 5.75 Å². The van der Waals surface area contributed by atoms with Gasteiger partial charge in [-0.2, -0.15) is 11.8 Å². The van der Waals surface area contributed by atoms with Gasteiger partial charge in [-0.1, -0.05) is 26.8 Å². The van der Waals surface area contributed by atoms with Crippen molar-refractivity contribution in [3.8, 4) is 5.75 Å². The first-order chi connectivity index (χ1) is 6.38. The summed E-state index contributed by atoms with van der Waals surface area (Å²) in [6.45, 7) is 8.69. The fraction of sp³-hybridized carbons (Fsp3) is 0.500. The highest BCUT2D eigenvalue weighted by atomic mass is 32.2. The Hall–Kier alpha value is -0.630. The van der Waals surface area contributed by atoms with Gasteiger partial charge in [-0.15, -0.1) is 0 Å². The van der Waals surface area contributed by atoms with Crippen LogP contribution in [0, 0.1) is 6.92 Å². The molecule has 1 aromatic carbocycles. The van der Waals surface area contributed by atoms with Crippen LogP contribution < -0.4 is 0 Å². The van der Waals surface area contributed by atoms with Gasteiger partial charge in [0.15, 0.2) is 0 Å². The molecule has 0 unspecified atom stereocenters. The second kappa shape index (κ2) is 4.26. The minimum absolute atomic E-state index is 0.296. The average molecular weight is 210 g/mol. The van der Waals surface area contributed by atoms with E-state index < -0.39 is 0 Å². The van der Waals surface area contributed by atoms with Crippen molar-refractivity contribution >= 4 is 11.8 Å². The number of aryl methyl sites for hydroxylation is 1. The van der Waals surface area contributed by atoms with E-state index in [1.54, 1.807) is 6.07 Å². The van der Waals surface area contributed by atoms with E-state index in [0.717, 1.165) is 5.75 Å². The molecular formula is C12H18OS. The molecule has 0 saturated heterocycles. The molecule has 0 amide bonds. The number of phenolic OH excluding ortho intramolecular Hbond substituents is 1. The van der Waals surface area contributed by atoms with Crippen molar-refractivity contribution < 1.29 is 5.11 Å². The number of hydrogen-bond acceptors (Lipinski definition) is 2. The minimum Gasteiger partial charge on any atom is -0.508 e. The number of aromatic hydroxyl groups is 1. The first-order valence-corrected chi connectivity index (χ1v) is 5.79. The zero-order chi connectivity index (χ0) is 10.8. The summed E-state index contributed by atoms with van der Waals surface area (Å²) in [5, 5.41) is 9.26. The van der Waals surface area contributed by atoms with Gasteiger partial charge in [-0.3, -0.25) is 0 Å². The molecular weight excluding hydrogens is 192 g/mol. The van der Waals surface area contributed by atoms with E-state index in [1.165, 1.54) is 11.1 Å². The molecule has 78 valence electrons. The maximum atomic E-state index is 9.26. The van der Waals surface area contributed by atoms with Crippen LogP contribution in [0.15, 0.2) is 18.2 Å². The van der Waals surface area contributed by atoms with Gasteiger partial charge in [0.25, 0.3) is 0 Å². The molecule has 2 heteroatoms. The van der Waals surface area contributed by atoms with Gasteiger partial charge in [0.1, 0.15) is 5.75 Å². The van der Waals surface area contributed by atoms with Crippen molar-refractivity contribution in [2.75, 3.05) is 0 Å². The van der Waals surface area contributed by atoms with Crippen LogP contribution in [0.4, 0.5) is 0 Å². The van der Waals surface area contributed by atoms with E-state index in [-0.39, 0.29) is 0 Å². The molecule has 0 aromatic heterocycles. The number of hydrogen-bond donors (Lipinski definition) is 1. The Balaban J connectivity index is 2.68. The van der Waals surface area contributed by atoms with Gasteiger partial charge in [0, 0.05) is 10.5 Å². The second-order valence-electron chi connectivity index (χ2n) is 4.51. The quantitative estimate of drug-likeness (QED) is 0.802. The Kier molecular flexibility index (Phi) is 3.48. The molecule has 1 nitrogen and oxygen atoms in total. The van der Waals surface area contributed by atoms with Crippen LogP contribution in [0.5, 0.6) is 5.75 Å². The van der Waals surface area contributed by atoms with E-state index in [2.05, 4.69) is 20.8 Å². The molecule has 0 aliphatic rings. The zero-order valence-electron chi connectivity index (χ0n) is 9.29. The predicted octanol–water partition coefficient (Wildman–Crippen LogP) is 3.73. The summed E-state index contributed by atoms with van der Waals surface area (Å²) < 4.78 is 0.296. The Labute approximate surface area is 90.5 Å². The standard InChI is InChI=1S/C12H18OS/c1-9-7-11(13)6-5-10(9)8-14-12(2,3)4/h5-7,13H,8H2,1-4H3. The molecule has 0 aliphatic heterocycles. The molecule has 0 bridgehead atoms. The molecule has 0 aliphatic carbocycles. The van der Waals surface area contributed by atoms with E-state index in [4.69, 9.17) is 0 Å². The van der Waals surface area contributed by atoms with Crippen molar-refractivity contribution in [2.24, 2.45) is 0 Å². The minimum atomic E-state index is 0.296. The van der Waals surface area contributed by atoms with Crippen LogP contribution in [0.1, 0.15) is 31.9 Å². The van der Waals surface area contributed by atoms with Crippen LogP contribution in [0.3, 0.4) is 0 Å². The van der Waals surface area contributed by atoms with Gasteiger partial charge in [-0.05, 0) is 30.2 Å².